The summed E-state index contributed by atoms with van der Waals surface area (Å²) in [6.07, 6.45) is 3.27. The van der Waals surface area contributed by atoms with E-state index >= 15 is 0 Å². The first-order valence-electron chi connectivity index (χ1n) is 6.87. The van der Waals surface area contributed by atoms with Crippen molar-refractivity contribution in [3.63, 3.8) is 0 Å². The van der Waals surface area contributed by atoms with Crippen molar-refractivity contribution in [2.75, 3.05) is 18.9 Å². The van der Waals surface area contributed by atoms with E-state index < -0.39 is 0 Å². The van der Waals surface area contributed by atoms with E-state index in [1.807, 2.05) is 19.1 Å². The Bertz CT molecular complexity index is 459. The number of hydrogen-bond acceptors (Lipinski definition) is 3. The molecule has 2 rings (SSSR count). The average molecular weight is 262 g/mol. The fourth-order valence-corrected chi connectivity index (χ4v) is 2.82. The van der Waals surface area contributed by atoms with Gasteiger partial charge < -0.3 is 16.2 Å². The van der Waals surface area contributed by atoms with Gasteiger partial charge in [0, 0.05) is 18.8 Å². The maximum Gasteiger partial charge on any atom is 0.253 e. The van der Waals surface area contributed by atoms with E-state index in [-0.39, 0.29) is 12.5 Å². The van der Waals surface area contributed by atoms with E-state index in [1.54, 1.807) is 6.07 Å². The number of hydrogen-bond donors (Lipinski definition) is 3. The van der Waals surface area contributed by atoms with Crippen LogP contribution in [0.4, 0.5) is 5.69 Å². The number of para-hydroxylation sites is 1. The molecule has 0 aromatic heterocycles. The van der Waals surface area contributed by atoms with Crippen molar-refractivity contribution in [1.82, 2.24) is 5.32 Å². The van der Waals surface area contributed by atoms with E-state index in [0.717, 1.165) is 24.8 Å². The Morgan fingerprint density at radius 2 is 2.16 bits per heavy atom. The average Bonchev–Trinajstić information content (AvgIpc) is 2.86. The standard InChI is InChI=1S/C15H22N2O2/c1-10-4-2-7-13(14(10)16)15(19)17-8-11-5-3-6-12(11)9-18/h2,4,7,11-12,18H,3,5-6,8-9,16H2,1H3,(H,17,19). The second kappa shape index (κ2) is 6.06. The van der Waals surface area contributed by atoms with Gasteiger partial charge in [-0.3, -0.25) is 4.79 Å². The Hall–Kier alpha value is -1.55. The van der Waals surface area contributed by atoms with Crippen LogP contribution in [0.15, 0.2) is 18.2 Å². The number of rotatable bonds is 4. The number of aliphatic hydroxyl groups excluding tert-OH is 1. The van der Waals surface area contributed by atoms with E-state index in [1.165, 1.54) is 0 Å². The summed E-state index contributed by atoms with van der Waals surface area (Å²) in [7, 11) is 0. The maximum atomic E-state index is 12.1. The minimum Gasteiger partial charge on any atom is -0.398 e. The third-order valence-corrected chi connectivity index (χ3v) is 4.14. The van der Waals surface area contributed by atoms with Gasteiger partial charge in [-0.05, 0) is 43.2 Å². The summed E-state index contributed by atoms with van der Waals surface area (Å²) < 4.78 is 0. The molecule has 2 atom stereocenters. The highest BCUT2D eigenvalue weighted by molar-refractivity contribution is 5.99. The predicted octanol–water partition coefficient (Wildman–Crippen LogP) is 1.72. The molecule has 1 amide bonds. The first-order chi connectivity index (χ1) is 9.13. The number of amides is 1. The maximum absolute atomic E-state index is 12.1. The molecule has 1 fully saturated rings. The van der Waals surface area contributed by atoms with E-state index in [4.69, 9.17) is 5.73 Å². The van der Waals surface area contributed by atoms with Gasteiger partial charge in [0.1, 0.15) is 0 Å². The number of carbonyl (C=O) groups is 1. The molecule has 1 saturated carbocycles. The lowest BCUT2D eigenvalue weighted by atomic mass is 9.97. The van der Waals surface area contributed by atoms with Crippen LogP contribution in [0.1, 0.15) is 35.2 Å². The number of anilines is 1. The van der Waals surface area contributed by atoms with Crippen LogP contribution in [0.2, 0.25) is 0 Å². The summed E-state index contributed by atoms with van der Waals surface area (Å²) in [5.74, 6) is 0.597. The second-order valence-electron chi connectivity index (χ2n) is 5.38. The molecule has 104 valence electrons. The lowest BCUT2D eigenvalue weighted by molar-refractivity contribution is 0.0938. The van der Waals surface area contributed by atoms with Crippen molar-refractivity contribution in [2.45, 2.75) is 26.2 Å². The number of benzene rings is 1. The minimum absolute atomic E-state index is 0.121. The van der Waals surface area contributed by atoms with E-state index in [2.05, 4.69) is 5.32 Å². The number of aryl methyl sites for hydroxylation is 1. The molecule has 2 unspecified atom stereocenters. The van der Waals surface area contributed by atoms with Crippen molar-refractivity contribution in [1.29, 1.82) is 0 Å². The summed E-state index contributed by atoms with van der Waals surface area (Å²) in [6.45, 7) is 2.73. The van der Waals surface area contributed by atoms with Crippen LogP contribution in [0.5, 0.6) is 0 Å². The first-order valence-corrected chi connectivity index (χ1v) is 6.87. The molecule has 0 aliphatic heterocycles. The molecule has 0 heterocycles. The predicted molar refractivity (Wildman–Crippen MR) is 75.8 cm³/mol. The Morgan fingerprint density at radius 3 is 2.89 bits per heavy atom. The molecule has 0 bridgehead atoms. The molecule has 0 radical (unpaired) electrons. The lowest BCUT2D eigenvalue weighted by Gasteiger charge is -2.18. The van der Waals surface area contributed by atoms with Crippen molar-refractivity contribution in [3.05, 3.63) is 29.3 Å². The highest BCUT2D eigenvalue weighted by Gasteiger charge is 2.27. The Labute approximate surface area is 114 Å². The van der Waals surface area contributed by atoms with Crippen molar-refractivity contribution >= 4 is 11.6 Å². The number of nitrogens with two attached hydrogens (primary N) is 1. The van der Waals surface area contributed by atoms with Crippen molar-refractivity contribution < 1.29 is 9.90 Å². The minimum atomic E-state index is -0.121. The largest absolute Gasteiger partial charge is 0.398 e. The Morgan fingerprint density at radius 1 is 1.42 bits per heavy atom. The molecule has 0 saturated heterocycles. The third kappa shape index (κ3) is 3.07. The molecule has 4 nitrogen and oxygen atoms in total. The zero-order valence-corrected chi connectivity index (χ0v) is 11.4. The van der Waals surface area contributed by atoms with Gasteiger partial charge in [0.15, 0.2) is 0 Å². The van der Waals surface area contributed by atoms with Crippen LogP contribution < -0.4 is 11.1 Å². The van der Waals surface area contributed by atoms with E-state index in [9.17, 15) is 9.90 Å². The molecule has 4 N–H and O–H groups in total. The zero-order chi connectivity index (χ0) is 13.8. The Balaban J connectivity index is 1.96. The molecular weight excluding hydrogens is 240 g/mol. The summed E-state index contributed by atoms with van der Waals surface area (Å²) in [5, 5.41) is 12.2. The van der Waals surface area contributed by atoms with Gasteiger partial charge in [-0.15, -0.1) is 0 Å². The smallest absolute Gasteiger partial charge is 0.253 e. The monoisotopic (exact) mass is 262 g/mol. The van der Waals surface area contributed by atoms with Crippen LogP contribution in [0.25, 0.3) is 0 Å². The van der Waals surface area contributed by atoms with Crippen LogP contribution in [-0.2, 0) is 0 Å². The fourth-order valence-electron chi connectivity index (χ4n) is 2.82. The van der Waals surface area contributed by atoms with Crippen LogP contribution in [-0.4, -0.2) is 24.2 Å². The summed E-state index contributed by atoms with van der Waals surface area (Å²) >= 11 is 0. The molecule has 19 heavy (non-hydrogen) atoms. The quantitative estimate of drug-likeness (QED) is 0.723. The van der Waals surface area contributed by atoms with Crippen molar-refractivity contribution in [3.8, 4) is 0 Å². The summed E-state index contributed by atoms with van der Waals surface area (Å²) in [4.78, 5) is 12.1. The molecule has 1 aromatic rings. The summed E-state index contributed by atoms with van der Waals surface area (Å²) in [5.41, 5.74) is 7.92. The highest BCUT2D eigenvalue weighted by atomic mass is 16.3. The third-order valence-electron chi connectivity index (χ3n) is 4.14. The molecule has 4 heteroatoms. The van der Waals surface area contributed by atoms with Gasteiger partial charge in [-0.25, -0.2) is 0 Å². The fraction of sp³-hybridized carbons (Fsp3) is 0.533. The van der Waals surface area contributed by atoms with E-state index in [0.29, 0.717) is 29.6 Å². The van der Waals surface area contributed by atoms with Crippen molar-refractivity contribution in [2.24, 2.45) is 11.8 Å². The normalized spacial score (nSPS) is 22.4. The molecule has 0 spiro atoms. The zero-order valence-electron chi connectivity index (χ0n) is 11.4. The van der Waals surface area contributed by atoms with Gasteiger partial charge in [-0.2, -0.15) is 0 Å². The number of aliphatic hydroxyl groups is 1. The molecular formula is C15H22N2O2. The van der Waals surface area contributed by atoms with Crippen LogP contribution >= 0.6 is 0 Å². The van der Waals surface area contributed by atoms with Crippen LogP contribution in [0, 0.1) is 18.8 Å². The summed E-state index contributed by atoms with van der Waals surface area (Å²) in [6, 6.07) is 5.48. The van der Waals surface area contributed by atoms with Gasteiger partial charge in [0.2, 0.25) is 0 Å². The van der Waals surface area contributed by atoms with Gasteiger partial charge in [-0.1, -0.05) is 18.6 Å². The number of nitrogens with one attached hydrogen (secondary N) is 1. The van der Waals surface area contributed by atoms with Crippen LogP contribution in [0.3, 0.4) is 0 Å². The topological polar surface area (TPSA) is 75.3 Å². The first kappa shape index (κ1) is 13.9. The molecule has 1 aromatic carbocycles. The Kier molecular flexibility index (Phi) is 4.43. The van der Waals surface area contributed by atoms with Gasteiger partial charge in [0.05, 0.1) is 5.56 Å². The highest BCUT2D eigenvalue weighted by Crippen LogP contribution is 2.30. The SMILES string of the molecule is Cc1cccc(C(=O)NCC2CCCC2CO)c1N. The number of nitrogen functional groups attached to an aromatic ring is 1. The lowest BCUT2D eigenvalue weighted by Crippen LogP contribution is -2.32. The second-order valence-corrected chi connectivity index (χ2v) is 5.38. The molecule has 1 aliphatic rings. The number of carbonyl (C=O) groups excluding carboxylic acids is 1. The molecule has 1 aliphatic carbocycles. The van der Waals surface area contributed by atoms with Gasteiger partial charge >= 0.3 is 0 Å². The van der Waals surface area contributed by atoms with Gasteiger partial charge in [0.25, 0.3) is 5.91 Å².